The highest BCUT2D eigenvalue weighted by atomic mass is 79.9. The molecule has 21 heavy (non-hydrogen) atoms. The molecule has 0 atom stereocenters. The molecule has 0 fully saturated rings. The van der Waals surface area contributed by atoms with E-state index in [1.165, 1.54) is 19.2 Å². The van der Waals surface area contributed by atoms with Crippen LogP contribution in [0.4, 0.5) is 4.39 Å². The van der Waals surface area contributed by atoms with Gasteiger partial charge in [-0.3, -0.25) is 0 Å². The maximum Gasteiger partial charge on any atom is 0.340 e. The monoisotopic (exact) mass is 372 g/mol. The van der Waals surface area contributed by atoms with Crippen molar-refractivity contribution < 1.29 is 18.7 Å². The molecule has 0 aliphatic rings. The Balaban J connectivity index is 2.10. The van der Waals surface area contributed by atoms with Gasteiger partial charge >= 0.3 is 5.97 Å². The van der Waals surface area contributed by atoms with Gasteiger partial charge in [0.1, 0.15) is 18.2 Å². The fraction of sp³-hybridized carbons (Fsp3) is 0.133. The molecular formula is C15H11BrClFO3. The van der Waals surface area contributed by atoms with Gasteiger partial charge in [0.15, 0.2) is 0 Å². The quantitative estimate of drug-likeness (QED) is 0.734. The summed E-state index contributed by atoms with van der Waals surface area (Å²) in [6, 6.07) is 9.35. The van der Waals surface area contributed by atoms with E-state index in [9.17, 15) is 9.18 Å². The maximum atomic E-state index is 13.8. The first-order chi connectivity index (χ1) is 10.0. The van der Waals surface area contributed by atoms with E-state index in [4.69, 9.17) is 16.3 Å². The molecule has 0 aromatic heterocycles. The minimum absolute atomic E-state index is 0.103. The summed E-state index contributed by atoms with van der Waals surface area (Å²) in [5.74, 6) is -0.754. The van der Waals surface area contributed by atoms with Crippen molar-refractivity contribution in [2.75, 3.05) is 7.11 Å². The zero-order chi connectivity index (χ0) is 15.4. The number of hydrogen-bond acceptors (Lipinski definition) is 3. The summed E-state index contributed by atoms with van der Waals surface area (Å²) in [6.45, 7) is 0.165. The number of methoxy groups -OCH3 is 1. The van der Waals surface area contributed by atoms with Crippen molar-refractivity contribution in [3.8, 4) is 5.75 Å². The third-order valence-corrected chi connectivity index (χ3v) is 3.58. The molecule has 0 bridgehead atoms. The van der Waals surface area contributed by atoms with Crippen LogP contribution < -0.4 is 4.74 Å². The first-order valence-electron chi connectivity index (χ1n) is 5.96. The fourth-order valence-electron chi connectivity index (χ4n) is 1.68. The van der Waals surface area contributed by atoms with Crippen LogP contribution in [0.3, 0.4) is 0 Å². The van der Waals surface area contributed by atoms with Gasteiger partial charge in [-0.1, -0.05) is 17.7 Å². The van der Waals surface area contributed by atoms with Crippen molar-refractivity contribution in [1.29, 1.82) is 0 Å². The Hall–Kier alpha value is -1.59. The Morgan fingerprint density at radius 2 is 2.05 bits per heavy atom. The van der Waals surface area contributed by atoms with Crippen LogP contribution in [0.5, 0.6) is 5.75 Å². The molecule has 0 aliphatic heterocycles. The SMILES string of the molecule is COC(=O)c1ccc(COc2ccc(Cl)cc2Br)cc1F. The Morgan fingerprint density at radius 3 is 2.67 bits per heavy atom. The molecule has 2 aromatic rings. The van der Waals surface area contributed by atoms with E-state index in [-0.39, 0.29) is 12.2 Å². The lowest BCUT2D eigenvalue weighted by atomic mass is 10.1. The molecule has 0 aliphatic carbocycles. The highest BCUT2D eigenvalue weighted by molar-refractivity contribution is 9.10. The third-order valence-electron chi connectivity index (χ3n) is 2.73. The molecule has 110 valence electrons. The first-order valence-corrected chi connectivity index (χ1v) is 7.13. The smallest absolute Gasteiger partial charge is 0.340 e. The highest BCUT2D eigenvalue weighted by Gasteiger charge is 2.12. The number of carbonyl (C=O) groups is 1. The molecule has 0 saturated carbocycles. The van der Waals surface area contributed by atoms with Gasteiger partial charge in [-0.15, -0.1) is 0 Å². The minimum atomic E-state index is -0.708. The number of hydrogen-bond donors (Lipinski definition) is 0. The molecule has 0 heterocycles. The largest absolute Gasteiger partial charge is 0.488 e. The highest BCUT2D eigenvalue weighted by Crippen LogP contribution is 2.28. The van der Waals surface area contributed by atoms with E-state index in [1.807, 2.05) is 0 Å². The van der Waals surface area contributed by atoms with E-state index in [0.29, 0.717) is 20.8 Å². The predicted octanol–water partition coefficient (Wildman–Crippen LogP) is 4.61. The van der Waals surface area contributed by atoms with Crippen LogP contribution in [0, 0.1) is 5.82 Å². The Bertz CT molecular complexity index is 676. The molecule has 2 rings (SSSR count). The first kappa shape index (κ1) is 15.8. The Labute approximate surface area is 134 Å². The van der Waals surface area contributed by atoms with E-state index < -0.39 is 11.8 Å². The molecular weight excluding hydrogens is 363 g/mol. The van der Waals surface area contributed by atoms with Crippen molar-refractivity contribution in [2.24, 2.45) is 0 Å². The van der Waals surface area contributed by atoms with E-state index in [0.717, 1.165) is 0 Å². The van der Waals surface area contributed by atoms with Gasteiger partial charge in [0.2, 0.25) is 0 Å². The summed E-state index contributed by atoms with van der Waals surface area (Å²) in [5.41, 5.74) is 0.496. The van der Waals surface area contributed by atoms with Crippen LogP contribution in [0.15, 0.2) is 40.9 Å². The van der Waals surface area contributed by atoms with E-state index in [2.05, 4.69) is 20.7 Å². The molecule has 6 heteroatoms. The minimum Gasteiger partial charge on any atom is -0.488 e. The van der Waals surface area contributed by atoms with Gasteiger partial charge in [-0.05, 0) is 51.8 Å². The molecule has 2 aromatic carbocycles. The van der Waals surface area contributed by atoms with Crippen LogP contribution in [-0.2, 0) is 11.3 Å². The van der Waals surface area contributed by atoms with Gasteiger partial charge in [0.25, 0.3) is 0 Å². The fourth-order valence-corrected chi connectivity index (χ4v) is 2.47. The van der Waals surface area contributed by atoms with Crippen LogP contribution in [-0.4, -0.2) is 13.1 Å². The van der Waals surface area contributed by atoms with E-state index in [1.54, 1.807) is 24.3 Å². The lowest BCUT2D eigenvalue weighted by Gasteiger charge is -2.09. The summed E-state index contributed by atoms with van der Waals surface area (Å²) in [6.07, 6.45) is 0. The topological polar surface area (TPSA) is 35.5 Å². The summed E-state index contributed by atoms with van der Waals surface area (Å²) < 4.78 is 24.5. The summed E-state index contributed by atoms with van der Waals surface area (Å²) in [5, 5.41) is 0.586. The molecule has 0 amide bonds. The number of benzene rings is 2. The molecule has 0 radical (unpaired) electrons. The van der Waals surface area contributed by atoms with Crippen LogP contribution in [0.25, 0.3) is 0 Å². The third kappa shape index (κ3) is 3.95. The van der Waals surface area contributed by atoms with Crippen LogP contribution in [0.1, 0.15) is 15.9 Å². The lowest BCUT2D eigenvalue weighted by Crippen LogP contribution is -2.05. The average molecular weight is 374 g/mol. The Morgan fingerprint density at radius 1 is 1.29 bits per heavy atom. The van der Waals surface area contributed by atoms with E-state index >= 15 is 0 Å². The summed E-state index contributed by atoms with van der Waals surface area (Å²) in [4.78, 5) is 11.3. The molecule has 0 N–H and O–H groups in total. The van der Waals surface area contributed by atoms with Gasteiger partial charge in [0, 0.05) is 5.02 Å². The predicted molar refractivity (Wildman–Crippen MR) is 81.2 cm³/mol. The number of halogens is 3. The van der Waals surface area contributed by atoms with Crippen molar-refractivity contribution in [1.82, 2.24) is 0 Å². The van der Waals surface area contributed by atoms with Gasteiger partial charge < -0.3 is 9.47 Å². The van der Waals surface area contributed by atoms with Gasteiger partial charge in [-0.2, -0.15) is 0 Å². The van der Waals surface area contributed by atoms with Crippen molar-refractivity contribution >= 4 is 33.5 Å². The van der Waals surface area contributed by atoms with Crippen molar-refractivity contribution in [2.45, 2.75) is 6.61 Å². The lowest BCUT2D eigenvalue weighted by molar-refractivity contribution is 0.0595. The average Bonchev–Trinajstić information content (AvgIpc) is 2.45. The number of rotatable bonds is 4. The zero-order valence-electron chi connectivity index (χ0n) is 11.0. The molecule has 0 unspecified atom stereocenters. The van der Waals surface area contributed by atoms with Gasteiger partial charge in [-0.25, -0.2) is 9.18 Å². The normalized spacial score (nSPS) is 10.3. The van der Waals surface area contributed by atoms with Crippen LogP contribution >= 0.6 is 27.5 Å². The second-order valence-electron chi connectivity index (χ2n) is 4.17. The summed E-state index contributed by atoms with van der Waals surface area (Å²) in [7, 11) is 1.21. The Kier molecular flexibility index (Phi) is 5.20. The number of esters is 1. The van der Waals surface area contributed by atoms with Crippen molar-refractivity contribution in [3.05, 3.63) is 62.8 Å². The maximum absolute atomic E-state index is 13.8. The van der Waals surface area contributed by atoms with Crippen molar-refractivity contribution in [3.63, 3.8) is 0 Å². The second kappa shape index (κ2) is 6.91. The molecule has 0 saturated heterocycles. The standard InChI is InChI=1S/C15H11BrClFO3/c1-20-15(19)11-4-2-9(6-13(11)18)8-21-14-5-3-10(17)7-12(14)16/h2-7H,8H2,1H3. The number of ether oxygens (including phenoxy) is 2. The van der Waals surface area contributed by atoms with Gasteiger partial charge in [0.05, 0.1) is 17.1 Å². The summed E-state index contributed by atoms with van der Waals surface area (Å²) >= 11 is 9.17. The number of carbonyl (C=O) groups excluding carboxylic acids is 1. The second-order valence-corrected chi connectivity index (χ2v) is 5.46. The molecule has 0 spiro atoms. The molecule has 3 nitrogen and oxygen atoms in total. The van der Waals surface area contributed by atoms with Crippen LogP contribution in [0.2, 0.25) is 5.02 Å². The zero-order valence-corrected chi connectivity index (χ0v) is 13.4.